The van der Waals surface area contributed by atoms with Gasteiger partial charge in [0, 0.05) is 32.9 Å². The van der Waals surface area contributed by atoms with Crippen molar-refractivity contribution in [2.24, 2.45) is 0 Å². The van der Waals surface area contributed by atoms with Crippen LogP contribution in [0.25, 0.3) is 99.1 Å². The summed E-state index contributed by atoms with van der Waals surface area (Å²) in [6.45, 7) is 0. The first-order valence-corrected chi connectivity index (χ1v) is 18.6. The summed E-state index contributed by atoms with van der Waals surface area (Å²) < 4.78 is 4.83. The maximum atomic E-state index is 2.43. The molecule has 0 bridgehead atoms. The van der Waals surface area contributed by atoms with Crippen LogP contribution in [0.5, 0.6) is 0 Å². The molecule has 0 N–H and O–H groups in total. The van der Waals surface area contributed by atoms with Gasteiger partial charge in [-0.3, -0.25) is 0 Å². The van der Waals surface area contributed by atoms with Crippen LogP contribution in [0.2, 0.25) is 0 Å². The van der Waals surface area contributed by atoms with Crippen molar-refractivity contribution >= 4 is 54.4 Å². The van der Waals surface area contributed by atoms with Crippen molar-refractivity contribution in [2.45, 2.75) is 0 Å². The smallest absolute Gasteiger partial charge is 0.0547 e. The molecular weight excluding hydrogens is 653 g/mol. The van der Waals surface area contributed by atoms with Gasteiger partial charge in [-0.05, 0) is 117 Å². The van der Waals surface area contributed by atoms with Gasteiger partial charge >= 0.3 is 0 Å². The van der Waals surface area contributed by atoms with Crippen LogP contribution in [0.4, 0.5) is 0 Å². The SMILES string of the molecule is c1ccc(-c2cc(-c3ccccc3)cc(-c3ccc(-n4c5ccccc5c5cc6c(ccc7c6c6ccccc6n7-c6ccccc6)cc54)cc3)c2)cc1. The van der Waals surface area contributed by atoms with Crippen LogP contribution in [0.1, 0.15) is 0 Å². The molecule has 0 saturated carbocycles. The van der Waals surface area contributed by atoms with Crippen LogP contribution < -0.4 is 0 Å². The number of hydrogen-bond acceptors (Lipinski definition) is 0. The molecule has 0 radical (unpaired) electrons. The maximum absolute atomic E-state index is 2.43. The Morgan fingerprint density at radius 2 is 0.722 bits per heavy atom. The second kappa shape index (κ2) is 12.2. The molecule has 252 valence electrons. The van der Waals surface area contributed by atoms with Crippen LogP contribution in [-0.2, 0) is 0 Å². The summed E-state index contributed by atoms with van der Waals surface area (Å²) in [6.07, 6.45) is 0. The molecule has 54 heavy (non-hydrogen) atoms. The predicted molar refractivity (Wildman–Crippen MR) is 229 cm³/mol. The van der Waals surface area contributed by atoms with E-state index < -0.39 is 0 Å². The van der Waals surface area contributed by atoms with E-state index in [0.29, 0.717) is 0 Å². The van der Waals surface area contributed by atoms with E-state index in [1.165, 1.54) is 93.5 Å². The Bertz CT molecular complexity index is 3110. The highest BCUT2D eigenvalue weighted by atomic mass is 15.0. The Morgan fingerprint density at radius 3 is 1.35 bits per heavy atom. The van der Waals surface area contributed by atoms with Crippen molar-refractivity contribution in [3.05, 3.63) is 206 Å². The highest BCUT2D eigenvalue weighted by Gasteiger charge is 2.18. The van der Waals surface area contributed by atoms with E-state index in [2.05, 4.69) is 215 Å². The largest absolute Gasteiger partial charge is 0.309 e. The molecule has 0 saturated heterocycles. The van der Waals surface area contributed by atoms with Crippen molar-refractivity contribution < 1.29 is 0 Å². The summed E-state index contributed by atoms with van der Waals surface area (Å²) in [5.74, 6) is 0. The molecule has 0 atom stereocenters. The molecule has 0 aliphatic carbocycles. The second-order valence-corrected chi connectivity index (χ2v) is 14.2. The lowest BCUT2D eigenvalue weighted by molar-refractivity contribution is 1.18. The lowest BCUT2D eigenvalue weighted by atomic mass is 9.93. The van der Waals surface area contributed by atoms with Crippen molar-refractivity contribution in [2.75, 3.05) is 0 Å². The molecule has 0 fully saturated rings. The third-order valence-corrected chi connectivity index (χ3v) is 11.1. The quantitative estimate of drug-likeness (QED) is 0.171. The zero-order valence-corrected chi connectivity index (χ0v) is 29.5. The number of hydrogen-bond donors (Lipinski definition) is 0. The molecule has 0 unspecified atom stereocenters. The normalized spacial score (nSPS) is 11.7. The van der Waals surface area contributed by atoms with E-state index in [1.807, 2.05) is 0 Å². The Morgan fingerprint density at radius 1 is 0.241 bits per heavy atom. The van der Waals surface area contributed by atoms with Crippen LogP contribution in [-0.4, -0.2) is 9.13 Å². The summed E-state index contributed by atoms with van der Waals surface area (Å²) in [7, 11) is 0. The second-order valence-electron chi connectivity index (χ2n) is 14.2. The lowest BCUT2D eigenvalue weighted by Gasteiger charge is -2.13. The highest BCUT2D eigenvalue weighted by molar-refractivity contribution is 6.25. The van der Waals surface area contributed by atoms with Crippen LogP contribution in [0.3, 0.4) is 0 Å². The van der Waals surface area contributed by atoms with Crippen molar-refractivity contribution in [3.8, 4) is 44.8 Å². The summed E-state index contributed by atoms with van der Waals surface area (Å²) in [5.41, 5.74) is 14.4. The van der Waals surface area contributed by atoms with E-state index in [-0.39, 0.29) is 0 Å². The fraction of sp³-hybridized carbons (Fsp3) is 0. The first-order valence-electron chi connectivity index (χ1n) is 18.6. The predicted octanol–water partition coefficient (Wildman–Crippen LogP) is 14.0. The summed E-state index contributed by atoms with van der Waals surface area (Å²) in [5, 5.41) is 7.59. The monoisotopic (exact) mass is 686 g/mol. The number of benzene rings is 9. The third-order valence-electron chi connectivity index (χ3n) is 11.1. The van der Waals surface area contributed by atoms with Crippen LogP contribution in [0.15, 0.2) is 206 Å². The number of rotatable bonds is 5. The van der Waals surface area contributed by atoms with E-state index in [9.17, 15) is 0 Å². The molecule has 0 amide bonds. The minimum atomic E-state index is 1.15. The third kappa shape index (κ3) is 4.81. The molecule has 11 rings (SSSR count). The molecule has 11 aromatic rings. The van der Waals surface area contributed by atoms with E-state index in [1.54, 1.807) is 0 Å². The van der Waals surface area contributed by atoms with Gasteiger partial charge in [-0.2, -0.15) is 0 Å². The number of para-hydroxylation sites is 3. The molecule has 9 aromatic carbocycles. The Kier molecular flexibility index (Phi) is 6.90. The fourth-order valence-corrected chi connectivity index (χ4v) is 8.58. The van der Waals surface area contributed by atoms with Gasteiger partial charge in [-0.25, -0.2) is 0 Å². The zero-order valence-electron chi connectivity index (χ0n) is 29.5. The van der Waals surface area contributed by atoms with E-state index in [4.69, 9.17) is 0 Å². The number of aromatic nitrogens is 2. The van der Waals surface area contributed by atoms with Gasteiger partial charge in [0.1, 0.15) is 0 Å². The van der Waals surface area contributed by atoms with Crippen molar-refractivity contribution in [1.29, 1.82) is 0 Å². The van der Waals surface area contributed by atoms with Gasteiger partial charge in [0.25, 0.3) is 0 Å². The van der Waals surface area contributed by atoms with Crippen LogP contribution in [0, 0.1) is 0 Å². The molecule has 0 spiro atoms. The average molecular weight is 687 g/mol. The first-order chi connectivity index (χ1) is 26.8. The van der Waals surface area contributed by atoms with Gasteiger partial charge in [0.15, 0.2) is 0 Å². The minimum Gasteiger partial charge on any atom is -0.309 e. The lowest BCUT2D eigenvalue weighted by Crippen LogP contribution is -1.94. The summed E-state index contributed by atoms with van der Waals surface area (Å²) >= 11 is 0. The Balaban J connectivity index is 1.09. The average Bonchev–Trinajstić information content (AvgIpc) is 3.76. The first kappa shape index (κ1) is 30.5. The van der Waals surface area contributed by atoms with Crippen molar-refractivity contribution in [3.63, 3.8) is 0 Å². The summed E-state index contributed by atoms with van der Waals surface area (Å²) in [6, 6.07) is 75.2. The summed E-state index contributed by atoms with van der Waals surface area (Å²) in [4.78, 5) is 0. The number of nitrogens with zero attached hydrogens (tertiary/aromatic N) is 2. The zero-order chi connectivity index (χ0) is 35.6. The van der Waals surface area contributed by atoms with Gasteiger partial charge in [0.2, 0.25) is 0 Å². The van der Waals surface area contributed by atoms with E-state index in [0.717, 1.165) is 5.69 Å². The molecule has 2 heteroatoms. The highest BCUT2D eigenvalue weighted by Crippen LogP contribution is 2.41. The molecular formula is C52H34N2. The van der Waals surface area contributed by atoms with Crippen molar-refractivity contribution in [1.82, 2.24) is 9.13 Å². The molecule has 2 aromatic heterocycles. The van der Waals surface area contributed by atoms with Gasteiger partial charge in [-0.1, -0.05) is 133 Å². The van der Waals surface area contributed by atoms with Gasteiger partial charge in [-0.15, -0.1) is 0 Å². The standard InChI is InChI=1S/C52H34N2/c1-4-14-35(15-5-1)39-30-40(36-16-6-2-7-17-36)32-41(31-39)37-24-27-43(28-25-37)54-48-22-12-10-20-44(48)47-34-46-38(33-51(47)54)26-29-50-52(46)45-21-11-13-23-49(45)53(50)42-18-8-3-9-19-42/h1-34H. The Labute approximate surface area is 313 Å². The van der Waals surface area contributed by atoms with Gasteiger partial charge < -0.3 is 9.13 Å². The molecule has 0 aliphatic heterocycles. The fourth-order valence-electron chi connectivity index (χ4n) is 8.58. The molecule has 2 nitrogen and oxygen atoms in total. The maximum Gasteiger partial charge on any atom is 0.0547 e. The van der Waals surface area contributed by atoms with Crippen LogP contribution >= 0.6 is 0 Å². The molecule has 0 aliphatic rings. The topological polar surface area (TPSA) is 9.86 Å². The minimum absolute atomic E-state index is 1.15. The molecule has 2 heterocycles. The number of fused-ring (bicyclic) bond motifs is 8. The van der Waals surface area contributed by atoms with Gasteiger partial charge in [0.05, 0.1) is 22.1 Å². The van der Waals surface area contributed by atoms with E-state index >= 15 is 0 Å². The Hall–Kier alpha value is -7.16.